The van der Waals surface area contributed by atoms with Crippen LogP contribution < -0.4 is 10.2 Å². The molecule has 4 heteroatoms. The van der Waals surface area contributed by atoms with Crippen LogP contribution in [0.3, 0.4) is 0 Å². The molecule has 1 fully saturated rings. The molecular weight excluding hydrogens is 270 g/mol. The summed E-state index contributed by atoms with van der Waals surface area (Å²) in [4.78, 5) is 7.04. The largest absolute Gasteiger partial charge is 0.351 e. The number of nitrogens with one attached hydrogen (secondary N) is 1. The number of nitrogens with zero attached hydrogens (tertiary/aromatic N) is 2. The topological polar surface area (TPSA) is 28.2 Å². The van der Waals surface area contributed by atoms with E-state index in [0.717, 1.165) is 35.9 Å². The normalized spacial score (nSPS) is 22.5. The minimum Gasteiger partial charge on any atom is -0.351 e. The molecule has 2 atom stereocenters. The van der Waals surface area contributed by atoms with Gasteiger partial charge >= 0.3 is 0 Å². The van der Waals surface area contributed by atoms with Crippen molar-refractivity contribution in [1.29, 1.82) is 0 Å². The molecule has 2 rings (SSSR count). The molecule has 20 heavy (non-hydrogen) atoms. The minimum atomic E-state index is 0.574. The van der Waals surface area contributed by atoms with Gasteiger partial charge in [0.1, 0.15) is 5.82 Å². The summed E-state index contributed by atoms with van der Waals surface area (Å²) in [7, 11) is 0. The molecule has 2 unspecified atom stereocenters. The van der Waals surface area contributed by atoms with Gasteiger partial charge < -0.3 is 10.2 Å². The van der Waals surface area contributed by atoms with Crippen molar-refractivity contribution in [2.45, 2.75) is 65.1 Å². The van der Waals surface area contributed by atoms with Crippen LogP contribution in [-0.4, -0.2) is 23.6 Å². The first kappa shape index (κ1) is 15.6. The summed E-state index contributed by atoms with van der Waals surface area (Å²) >= 11 is 6.27. The van der Waals surface area contributed by atoms with E-state index in [2.05, 4.69) is 42.0 Å². The van der Waals surface area contributed by atoms with Crippen LogP contribution in [-0.2, 0) is 6.54 Å². The summed E-state index contributed by atoms with van der Waals surface area (Å²) in [5, 5.41) is 4.18. The molecular formula is C16H26ClN3. The third-order valence-electron chi connectivity index (χ3n) is 4.18. The lowest BCUT2D eigenvalue weighted by Crippen LogP contribution is -2.34. The van der Waals surface area contributed by atoms with Gasteiger partial charge in [-0.2, -0.15) is 0 Å². The Morgan fingerprint density at radius 1 is 1.40 bits per heavy atom. The number of halogens is 1. The lowest BCUT2D eigenvalue weighted by Gasteiger charge is -2.29. The molecule has 0 radical (unpaired) electrons. The highest BCUT2D eigenvalue weighted by atomic mass is 35.5. The number of aromatic nitrogens is 1. The Kier molecular flexibility index (Phi) is 5.67. The fourth-order valence-electron chi connectivity index (χ4n) is 3.03. The Labute approximate surface area is 127 Å². The number of rotatable bonds is 6. The highest BCUT2D eigenvalue weighted by molar-refractivity contribution is 6.31. The third kappa shape index (κ3) is 3.44. The molecule has 1 aromatic heterocycles. The molecule has 0 aromatic carbocycles. The molecule has 0 bridgehead atoms. The molecule has 1 N–H and O–H groups in total. The standard InChI is InChI=1S/C16H26ClN3/c1-4-8-18-10-13-9-16(19-11-15(13)17)20-12(3)6-7-14(20)5-2/h9,11-12,14,18H,4-8,10H2,1-3H3. The molecule has 1 aliphatic rings. The van der Waals surface area contributed by atoms with Gasteiger partial charge in [0, 0.05) is 24.8 Å². The summed E-state index contributed by atoms with van der Waals surface area (Å²) in [5.74, 6) is 1.08. The first-order valence-corrected chi connectivity index (χ1v) is 8.18. The van der Waals surface area contributed by atoms with E-state index in [1.165, 1.54) is 19.3 Å². The van der Waals surface area contributed by atoms with Crippen molar-refractivity contribution in [3.63, 3.8) is 0 Å². The maximum atomic E-state index is 6.27. The van der Waals surface area contributed by atoms with Gasteiger partial charge in [0.05, 0.1) is 5.02 Å². The van der Waals surface area contributed by atoms with Crippen molar-refractivity contribution in [3.8, 4) is 0 Å². The summed E-state index contributed by atoms with van der Waals surface area (Å²) in [6, 6.07) is 3.36. The van der Waals surface area contributed by atoms with Gasteiger partial charge in [-0.3, -0.25) is 0 Å². The van der Waals surface area contributed by atoms with Crippen LogP contribution in [0.25, 0.3) is 0 Å². The molecule has 1 saturated heterocycles. The Bertz CT molecular complexity index is 436. The second-order valence-corrected chi connectivity index (χ2v) is 6.11. The van der Waals surface area contributed by atoms with E-state index in [9.17, 15) is 0 Å². The quantitative estimate of drug-likeness (QED) is 0.804. The first-order valence-electron chi connectivity index (χ1n) is 7.80. The minimum absolute atomic E-state index is 0.574. The average Bonchev–Trinajstić information content (AvgIpc) is 2.82. The van der Waals surface area contributed by atoms with Gasteiger partial charge in [0.2, 0.25) is 0 Å². The summed E-state index contributed by atoms with van der Waals surface area (Å²) in [5.41, 5.74) is 1.15. The zero-order valence-corrected chi connectivity index (χ0v) is 13.6. The first-order chi connectivity index (χ1) is 9.67. The molecule has 3 nitrogen and oxygen atoms in total. The molecule has 0 amide bonds. The number of hydrogen-bond acceptors (Lipinski definition) is 3. The van der Waals surface area contributed by atoms with Crippen LogP contribution in [0.1, 0.15) is 52.0 Å². The van der Waals surface area contributed by atoms with Crippen LogP contribution in [0.4, 0.5) is 5.82 Å². The Morgan fingerprint density at radius 3 is 2.90 bits per heavy atom. The van der Waals surface area contributed by atoms with Crippen LogP contribution in [0.5, 0.6) is 0 Å². The van der Waals surface area contributed by atoms with E-state index >= 15 is 0 Å². The van der Waals surface area contributed by atoms with E-state index in [1.54, 1.807) is 6.20 Å². The summed E-state index contributed by atoms with van der Waals surface area (Å²) < 4.78 is 0. The fraction of sp³-hybridized carbons (Fsp3) is 0.688. The van der Waals surface area contributed by atoms with Crippen molar-refractivity contribution in [1.82, 2.24) is 10.3 Å². The Hall–Kier alpha value is -0.800. The van der Waals surface area contributed by atoms with Gasteiger partial charge in [-0.1, -0.05) is 25.4 Å². The molecule has 0 aliphatic carbocycles. The van der Waals surface area contributed by atoms with Gasteiger partial charge in [0.25, 0.3) is 0 Å². The average molecular weight is 296 g/mol. The second-order valence-electron chi connectivity index (χ2n) is 5.71. The molecule has 1 aromatic rings. The van der Waals surface area contributed by atoms with Gasteiger partial charge in [0.15, 0.2) is 0 Å². The van der Waals surface area contributed by atoms with E-state index in [1.807, 2.05) is 0 Å². The zero-order valence-electron chi connectivity index (χ0n) is 12.8. The SMILES string of the molecule is CCCNCc1cc(N2C(C)CCC2CC)ncc1Cl. The van der Waals surface area contributed by atoms with Crippen molar-refractivity contribution < 1.29 is 0 Å². The van der Waals surface area contributed by atoms with E-state index < -0.39 is 0 Å². The zero-order chi connectivity index (χ0) is 14.5. The summed E-state index contributed by atoms with van der Waals surface area (Å²) in [6.07, 6.45) is 6.64. The van der Waals surface area contributed by atoms with E-state index in [-0.39, 0.29) is 0 Å². The van der Waals surface area contributed by atoms with Gasteiger partial charge in [-0.15, -0.1) is 0 Å². The van der Waals surface area contributed by atoms with Crippen LogP contribution in [0.15, 0.2) is 12.3 Å². The van der Waals surface area contributed by atoms with E-state index in [0.29, 0.717) is 12.1 Å². The van der Waals surface area contributed by atoms with Crippen molar-refractivity contribution in [2.24, 2.45) is 0 Å². The Morgan fingerprint density at radius 2 is 2.20 bits per heavy atom. The van der Waals surface area contributed by atoms with Crippen LogP contribution >= 0.6 is 11.6 Å². The molecule has 0 spiro atoms. The Balaban J connectivity index is 2.17. The molecule has 1 aliphatic heterocycles. The summed E-state index contributed by atoms with van der Waals surface area (Å²) in [6.45, 7) is 8.56. The van der Waals surface area contributed by atoms with Crippen LogP contribution in [0, 0.1) is 0 Å². The van der Waals surface area contributed by atoms with Crippen LogP contribution in [0.2, 0.25) is 5.02 Å². The van der Waals surface area contributed by atoms with Crippen molar-refractivity contribution in [2.75, 3.05) is 11.4 Å². The fourth-order valence-corrected chi connectivity index (χ4v) is 3.20. The highest BCUT2D eigenvalue weighted by Crippen LogP contribution is 2.32. The molecule has 0 saturated carbocycles. The lowest BCUT2D eigenvalue weighted by atomic mass is 10.1. The second kappa shape index (κ2) is 7.28. The smallest absolute Gasteiger partial charge is 0.129 e. The highest BCUT2D eigenvalue weighted by Gasteiger charge is 2.30. The van der Waals surface area contributed by atoms with Gasteiger partial charge in [-0.05, 0) is 50.8 Å². The van der Waals surface area contributed by atoms with Crippen molar-refractivity contribution >= 4 is 17.4 Å². The lowest BCUT2D eigenvalue weighted by molar-refractivity contribution is 0.619. The number of hydrogen-bond donors (Lipinski definition) is 1. The molecule has 2 heterocycles. The predicted molar refractivity (Wildman–Crippen MR) is 86.5 cm³/mol. The van der Waals surface area contributed by atoms with E-state index in [4.69, 9.17) is 11.6 Å². The maximum absolute atomic E-state index is 6.27. The third-order valence-corrected chi connectivity index (χ3v) is 4.52. The van der Waals surface area contributed by atoms with Crippen molar-refractivity contribution in [3.05, 3.63) is 22.8 Å². The number of pyridine rings is 1. The predicted octanol–water partition coefficient (Wildman–Crippen LogP) is 4.00. The van der Waals surface area contributed by atoms with Gasteiger partial charge in [-0.25, -0.2) is 4.98 Å². The maximum Gasteiger partial charge on any atom is 0.129 e. The molecule has 112 valence electrons. The monoisotopic (exact) mass is 295 g/mol. The number of anilines is 1.